The lowest BCUT2D eigenvalue weighted by Crippen LogP contribution is -2.46. The topological polar surface area (TPSA) is 75.6 Å². The Morgan fingerprint density at radius 3 is 1.84 bits per heavy atom. The summed E-state index contributed by atoms with van der Waals surface area (Å²) in [5.41, 5.74) is -2.66. The molecule has 0 unspecified atom stereocenters. The quantitative estimate of drug-likeness (QED) is 0.837. The minimum Gasteiger partial charge on any atom is -0.480 e. The number of halogens is 3. The Labute approximate surface area is 110 Å². The Morgan fingerprint density at radius 1 is 1.21 bits per heavy atom. The minimum atomic E-state index is -4.71. The van der Waals surface area contributed by atoms with Crippen LogP contribution in [0.2, 0.25) is 0 Å². The molecule has 0 saturated carbocycles. The average Bonchev–Trinajstić information content (AvgIpc) is 2.11. The van der Waals surface area contributed by atoms with Crippen LogP contribution in [0.15, 0.2) is 0 Å². The lowest BCUT2D eigenvalue weighted by molar-refractivity contribution is -0.243. The van der Waals surface area contributed by atoms with Crippen molar-refractivity contribution in [2.75, 3.05) is 6.54 Å². The van der Waals surface area contributed by atoms with Gasteiger partial charge in [-0.15, -0.1) is 0 Å². The first-order chi connectivity index (χ1) is 8.29. The molecule has 0 rings (SSSR count). The van der Waals surface area contributed by atoms with Crippen molar-refractivity contribution in [1.82, 2.24) is 5.32 Å². The van der Waals surface area contributed by atoms with E-state index in [4.69, 9.17) is 5.11 Å². The maximum Gasteiger partial charge on any atom is 0.427 e. The molecule has 0 saturated heterocycles. The van der Waals surface area contributed by atoms with Gasteiger partial charge >= 0.3 is 18.2 Å². The summed E-state index contributed by atoms with van der Waals surface area (Å²) in [6, 6.07) is 0. The summed E-state index contributed by atoms with van der Waals surface area (Å²) in [7, 11) is 0. The lowest BCUT2D eigenvalue weighted by Gasteiger charge is -2.27. The molecule has 0 bridgehead atoms. The van der Waals surface area contributed by atoms with E-state index in [1.165, 1.54) is 0 Å². The van der Waals surface area contributed by atoms with Crippen molar-refractivity contribution >= 4 is 12.1 Å². The van der Waals surface area contributed by atoms with Gasteiger partial charge in [0.05, 0.1) is 0 Å². The van der Waals surface area contributed by atoms with Crippen LogP contribution in [0.5, 0.6) is 0 Å². The Balaban J connectivity index is 0. The molecular weight excluding hydrogens is 267 g/mol. The number of rotatable bonds is 3. The van der Waals surface area contributed by atoms with Gasteiger partial charge in [-0.2, -0.15) is 13.2 Å². The number of nitrogens with one attached hydrogen (secondary N) is 1. The summed E-state index contributed by atoms with van der Waals surface area (Å²) in [5, 5.41) is 9.78. The van der Waals surface area contributed by atoms with E-state index in [1.54, 1.807) is 5.32 Å². The van der Waals surface area contributed by atoms with Crippen LogP contribution in [0.25, 0.3) is 0 Å². The molecule has 8 heteroatoms. The van der Waals surface area contributed by atoms with Crippen LogP contribution >= 0.6 is 0 Å². The average molecular weight is 287 g/mol. The highest BCUT2D eigenvalue weighted by molar-refractivity contribution is 5.76. The summed E-state index contributed by atoms with van der Waals surface area (Å²) in [6.07, 6.45) is -6.15. The zero-order valence-electron chi connectivity index (χ0n) is 11.6. The number of carbonyl (C=O) groups is 2. The first-order valence-electron chi connectivity index (χ1n) is 5.55. The van der Waals surface area contributed by atoms with Crippen molar-refractivity contribution in [1.29, 1.82) is 0 Å². The lowest BCUT2D eigenvalue weighted by atomic mass is 10.1. The van der Waals surface area contributed by atoms with Crippen molar-refractivity contribution in [2.45, 2.75) is 46.4 Å². The van der Waals surface area contributed by atoms with E-state index in [2.05, 4.69) is 25.5 Å². The Hall–Kier alpha value is -1.47. The molecular formula is C11H20F3NO4. The maximum absolute atomic E-state index is 12.2. The van der Waals surface area contributed by atoms with E-state index in [1.807, 2.05) is 0 Å². The van der Waals surface area contributed by atoms with Gasteiger partial charge < -0.3 is 15.2 Å². The van der Waals surface area contributed by atoms with Crippen molar-refractivity contribution < 1.29 is 32.6 Å². The first-order valence-corrected chi connectivity index (χ1v) is 5.55. The van der Waals surface area contributed by atoms with Gasteiger partial charge in [0.1, 0.15) is 6.54 Å². The Bertz CT molecular complexity index is 298. The van der Waals surface area contributed by atoms with E-state index < -0.39 is 30.4 Å². The zero-order valence-corrected chi connectivity index (χ0v) is 11.6. The summed E-state index contributed by atoms with van der Waals surface area (Å²) in [6.45, 7) is 7.02. The molecule has 5 nitrogen and oxygen atoms in total. The second-order valence-corrected chi connectivity index (χ2v) is 4.88. The molecule has 0 fully saturated rings. The van der Waals surface area contributed by atoms with Crippen LogP contribution < -0.4 is 5.32 Å². The van der Waals surface area contributed by atoms with Crippen molar-refractivity contribution in [3.05, 3.63) is 0 Å². The van der Waals surface area contributed by atoms with Crippen LogP contribution in [-0.4, -0.2) is 35.5 Å². The van der Waals surface area contributed by atoms with E-state index in [-0.39, 0.29) is 0 Å². The number of carboxylic acids is 1. The highest BCUT2D eigenvalue weighted by Gasteiger charge is 2.50. The Morgan fingerprint density at radius 2 is 1.58 bits per heavy atom. The second-order valence-electron chi connectivity index (χ2n) is 4.88. The van der Waals surface area contributed by atoms with Gasteiger partial charge in [0.25, 0.3) is 0 Å². The molecule has 0 spiro atoms. The van der Waals surface area contributed by atoms with Crippen LogP contribution in [-0.2, 0) is 9.53 Å². The fraction of sp³-hybridized carbons (Fsp3) is 0.818. The van der Waals surface area contributed by atoms with Crippen LogP contribution in [0.4, 0.5) is 18.0 Å². The van der Waals surface area contributed by atoms with E-state index in [0.717, 1.165) is 5.92 Å². The number of hydrogen-bond donors (Lipinski definition) is 2. The molecule has 2 N–H and O–H groups in total. The summed E-state index contributed by atoms with van der Waals surface area (Å²) < 4.78 is 40.5. The first kappa shape index (κ1) is 19.9. The SMILES string of the molecule is CC(C)(OC(=O)NCC(=O)O)C(F)(F)F.CC(C)C. The van der Waals surface area contributed by atoms with Crippen LogP contribution in [0, 0.1) is 5.92 Å². The van der Waals surface area contributed by atoms with Gasteiger partial charge in [-0.1, -0.05) is 20.8 Å². The number of alkyl halides is 3. The van der Waals surface area contributed by atoms with Crippen LogP contribution in [0.3, 0.4) is 0 Å². The molecule has 1 amide bonds. The summed E-state index contributed by atoms with van der Waals surface area (Å²) in [4.78, 5) is 20.7. The van der Waals surface area contributed by atoms with Crippen LogP contribution in [0.1, 0.15) is 34.6 Å². The number of carbonyl (C=O) groups excluding carboxylic acids is 1. The second kappa shape index (κ2) is 7.85. The van der Waals surface area contributed by atoms with Gasteiger partial charge in [0.2, 0.25) is 5.60 Å². The number of aliphatic carboxylic acids is 1. The fourth-order valence-electron chi connectivity index (χ4n) is 0.473. The third kappa shape index (κ3) is 11.4. The smallest absolute Gasteiger partial charge is 0.427 e. The maximum atomic E-state index is 12.2. The molecule has 19 heavy (non-hydrogen) atoms. The molecule has 0 aliphatic heterocycles. The third-order valence-electron chi connectivity index (χ3n) is 1.41. The predicted octanol–water partition coefficient (Wildman–Crippen LogP) is 2.80. The zero-order chi connectivity index (χ0) is 15.9. The predicted molar refractivity (Wildman–Crippen MR) is 62.8 cm³/mol. The molecule has 0 heterocycles. The minimum absolute atomic E-state index is 0.660. The standard InChI is InChI=1S/C7H10F3NO4.C4H10/c1-6(2,7(8,9)10)15-5(14)11-3-4(12)13;1-4(2)3/h3H2,1-2H3,(H,11,14)(H,12,13);4H,1-3H3. The van der Waals surface area contributed by atoms with Gasteiger partial charge in [-0.25, -0.2) is 4.79 Å². The van der Waals surface area contributed by atoms with Gasteiger partial charge in [0.15, 0.2) is 0 Å². The summed E-state index contributed by atoms with van der Waals surface area (Å²) in [5.74, 6) is -0.545. The molecule has 0 radical (unpaired) electrons. The van der Waals surface area contributed by atoms with E-state index >= 15 is 0 Å². The molecule has 0 aromatic heterocycles. The highest BCUT2D eigenvalue weighted by Crippen LogP contribution is 2.32. The molecule has 0 atom stereocenters. The van der Waals surface area contributed by atoms with Crippen molar-refractivity contribution in [3.63, 3.8) is 0 Å². The molecule has 0 aliphatic rings. The molecule has 0 aromatic carbocycles. The van der Waals surface area contributed by atoms with Gasteiger partial charge in [0, 0.05) is 0 Å². The van der Waals surface area contributed by atoms with Gasteiger partial charge in [-0.05, 0) is 19.8 Å². The van der Waals surface area contributed by atoms with Crippen molar-refractivity contribution in [2.24, 2.45) is 5.92 Å². The monoisotopic (exact) mass is 287 g/mol. The van der Waals surface area contributed by atoms with Crippen molar-refractivity contribution in [3.8, 4) is 0 Å². The number of hydrogen-bond acceptors (Lipinski definition) is 3. The number of carboxylic acid groups (broad SMARTS) is 1. The normalized spacial score (nSPS) is 11.4. The highest BCUT2D eigenvalue weighted by atomic mass is 19.4. The molecule has 0 aromatic rings. The van der Waals surface area contributed by atoms with E-state index in [0.29, 0.717) is 13.8 Å². The molecule has 0 aliphatic carbocycles. The number of ether oxygens (including phenoxy) is 1. The summed E-state index contributed by atoms with van der Waals surface area (Å²) >= 11 is 0. The molecule has 114 valence electrons. The van der Waals surface area contributed by atoms with Gasteiger partial charge in [-0.3, -0.25) is 4.79 Å². The third-order valence-corrected chi connectivity index (χ3v) is 1.41. The largest absolute Gasteiger partial charge is 0.480 e. The number of alkyl carbamates (subject to hydrolysis) is 1. The number of amides is 1. The van der Waals surface area contributed by atoms with E-state index in [9.17, 15) is 22.8 Å². The Kier molecular flexibility index (Phi) is 8.21. The fourth-order valence-corrected chi connectivity index (χ4v) is 0.473.